The van der Waals surface area contributed by atoms with Crippen molar-refractivity contribution in [2.75, 3.05) is 13.1 Å². The Hall–Kier alpha value is -1.88. The van der Waals surface area contributed by atoms with E-state index in [1.807, 2.05) is 30.0 Å². The zero-order chi connectivity index (χ0) is 16.0. The molecule has 4 rings (SSSR count). The SMILES string of the molecule is Cc1nc2ccc(C(=O)N3CCC[C@@]4(CCC[C@H]4O)C3)cc2[nH]1. The van der Waals surface area contributed by atoms with E-state index >= 15 is 0 Å². The highest BCUT2D eigenvalue weighted by atomic mass is 16.3. The summed E-state index contributed by atoms with van der Waals surface area (Å²) in [6.45, 7) is 3.39. The lowest BCUT2D eigenvalue weighted by atomic mass is 9.76. The van der Waals surface area contributed by atoms with Crippen molar-refractivity contribution >= 4 is 16.9 Å². The van der Waals surface area contributed by atoms with Crippen molar-refractivity contribution in [3.63, 3.8) is 0 Å². The number of H-pyrrole nitrogens is 1. The summed E-state index contributed by atoms with van der Waals surface area (Å²) in [5.41, 5.74) is 2.43. The number of likely N-dealkylation sites (tertiary alicyclic amines) is 1. The largest absolute Gasteiger partial charge is 0.392 e. The van der Waals surface area contributed by atoms with Crippen molar-refractivity contribution < 1.29 is 9.90 Å². The van der Waals surface area contributed by atoms with Gasteiger partial charge >= 0.3 is 0 Å². The van der Waals surface area contributed by atoms with Crippen LogP contribution >= 0.6 is 0 Å². The zero-order valence-corrected chi connectivity index (χ0v) is 13.5. The van der Waals surface area contributed by atoms with Crippen LogP contribution in [0.25, 0.3) is 11.0 Å². The molecule has 2 fully saturated rings. The Morgan fingerprint density at radius 2 is 2.22 bits per heavy atom. The van der Waals surface area contributed by atoms with Gasteiger partial charge in [-0.1, -0.05) is 6.42 Å². The van der Waals surface area contributed by atoms with Crippen LogP contribution in [0.1, 0.15) is 48.3 Å². The van der Waals surface area contributed by atoms with Crippen molar-refractivity contribution in [1.82, 2.24) is 14.9 Å². The van der Waals surface area contributed by atoms with Gasteiger partial charge in [0, 0.05) is 24.1 Å². The lowest BCUT2D eigenvalue weighted by Gasteiger charge is -2.42. The third kappa shape index (κ3) is 2.43. The number of imidazole rings is 1. The van der Waals surface area contributed by atoms with Crippen LogP contribution in [0.4, 0.5) is 0 Å². The highest BCUT2D eigenvalue weighted by molar-refractivity contribution is 5.97. The molecule has 2 aliphatic rings. The fourth-order valence-corrected chi connectivity index (χ4v) is 4.38. The normalized spacial score (nSPS) is 27.9. The molecule has 2 N–H and O–H groups in total. The molecule has 1 amide bonds. The minimum Gasteiger partial charge on any atom is -0.392 e. The average Bonchev–Trinajstić information content (AvgIpc) is 3.08. The second kappa shape index (κ2) is 5.34. The molecule has 2 atom stereocenters. The van der Waals surface area contributed by atoms with Crippen molar-refractivity contribution in [1.29, 1.82) is 0 Å². The van der Waals surface area contributed by atoms with E-state index in [2.05, 4.69) is 9.97 Å². The van der Waals surface area contributed by atoms with E-state index in [4.69, 9.17) is 0 Å². The van der Waals surface area contributed by atoms with Crippen molar-refractivity contribution in [3.05, 3.63) is 29.6 Å². The number of nitrogens with zero attached hydrogens (tertiary/aromatic N) is 2. The first-order chi connectivity index (χ1) is 11.1. The lowest BCUT2D eigenvalue weighted by molar-refractivity contribution is -0.00535. The average molecular weight is 313 g/mol. The number of aromatic nitrogens is 2. The third-order valence-electron chi connectivity index (χ3n) is 5.60. The Balaban J connectivity index is 1.59. The van der Waals surface area contributed by atoms with Crippen LogP contribution in [-0.4, -0.2) is 45.1 Å². The monoisotopic (exact) mass is 313 g/mol. The summed E-state index contributed by atoms with van der Waals surface area (Å²) >= 11 is 0. The van der Waals surface area contributed by atoms with Gasteiger partial charge in [-0.25, -0.2) is 4.98 Å². The number of nitrogens with one attached hydrogen (secondary N) is 1. The molecule has 1 aromatic carbocycles. The minimum atomic E-state index is -0.254. The van der Waals surface area contributed by atoms with Gasteiger partial charge in [-0.15, -0.1) is 0 Å². The number of aromatic amines is 1. The summed E-state index contributed by atoms with van der Waals surface area (Å²) in [6, 6.07) is 5.65. The molecular formula is C18H23N3O2. The fourth-order valence-electron chi connectivity index (χ4n) is 4.38. The van der Waals surface area contributed by atoms with Gasteiger partial charge in [0.25, 0.3) is 5.91 Å². The number of amides is 1. The first kappa shape index (κ1) is 14.7. The molecule has 5 nitrogen and oxygen atoms in total. The van der Waals surface area contributed by atoms with Gasteiger partial charge in [0.1, 0.15) is 5.82 Å². The van der Waals surface area contributed by atoms with Crippen LogP contribution in [0.3, 0.4) is 0 Å². The Kier molecular flexibility index (Phi) is 3.41. The molecular weight excluding hydrogens is 290 g/mol. The number of fused-ring (bicyclic) bond motifs is 1. The van der Waals surface area contributed by atoms with E-state index in [9.17, 15) is 9.90 Å². The summed E-state index contributed by atoms with van der Waals surface area (Å²) < 4.78 is 0. The minimum absolute atomic E-state index is 0.0669. The topological polar surface area (TPSA) is 69.2 Å². The second-order valence-electron chi connectivity index (χ2n) is 7.15. The molecule has 122 valence electrons. The summed E-state index contributed by atoms with van der Waals surface area (Å²) in [6.07, 6.45) is 4.75. The molecule has 1 aliphatic carbocycles. The van der Waals surface area contributed by atoms with E-state index in [1.165, 1.54) is 0 Å². The number of aliphatic hydroxyl groups excluding tert-OH is 1. The first-order valence-corrected chi connectivity index (χ1v) is 8.51. The molecule has 1 aliphatic heterocycles. The Labute approximate surface area is 135 Å². The molecule has 0 bridgehead atoms. The fraction of sp³-hybridized carbons (Fsp3) is 0.556. The summed E-state index contributed by atoms with van der Waals surface area (Å²) in [4.78, 5) is 22.4. The summed E-state index contributed by atoms with van der Waals surface area (Å²) in [7, 11) is 0. The Bertz CT molecular complexity index is 754. The number of benzene rings is 1. The molecule has 1 spiro atoms. The first-order valence-electron chi connectivity index (χ1n) is 8.51. The quantitative estimate of drug-likeness (QED) is 0.850. The molecule has 1 aromatic heterocycles. The summed E-state index contributed by atoms with van der Waals surface area (Å²) in [5, 5.41) is 10.4. The Morgan fingerprint density at radius 1 is 1.39 bits per heavy atom. The van der Waals surface area contributed by atoms with Crippen LogP contribution in [0.15, 0.2) is 18.2 Å². The van der Waals surface area contributed by atoms with Gasteiger partial charge < -0.3 is 15.0 Å². The molecule has 1 saturated carbocycles. The lowest BCUT2D eigenvalue weighted by Crippen LogP contribution is -2.49. The van der Waals surface area contributed by atoms with Crippen molar-refractivity contribution in [2.24, 2.45) is 5.41 Å². The zero-order valence-electron chi connectivity index (χ0n) is 13.5. The van der Waals surface area contributed by atoms with Crippen molar-refractivity contribution in [2.45, 2.75) is 45.1 Å². The third-order valence-corrected chi connectivity index (χ3v) is 5.60. The standard InChI is InChI=1S/C18H23N3O2/c1-12-19-14-6-5-13(10-15(14)20-12)17(23)21-9-3-8-18(11-21)7-2-4-16(18)22/h5-6,10,16,22H,2-4,7-9,11H2,1H3,(H,19,20)/t16-,18+/m1/s1. The van der Waals surface area contributed by atoms with Gasteiger partial charge in [-0.3, -0.25) is 4.79 Å². The van der Waals surface area contributed by atoms with Gasteiger partial charge in [-0.05, 0) is 50.8 Å². The maximum absolute atomic E-state index is 12.9. The number of piperidine rings is 1. The van der Waals surface area contributed by atoms with Gasteiger partial charge in [-0.2, -0.15) is 0 Å². The molecule has 2 heterocycles. The Morgan fingerprint density at radius 3 is 3.00 bits per heavy atom. The number of rotatable bonds is 1. The second-order valence-corrected chi connectivity index (χ2v) is 7.15. The van der Waals surface area contributed by atoms with Crippen LogP contribution in [-0.2, 0) is 0 Å². The maximum atomic E-state index is 12.9. The molecule has 0 unspecified atom stereocenters. The molecule has 0 radical (unpaired) electrons. The van der Waals surface area contributed by atoms with Gasteiger partial charge in [0.15, 0.2) is 0 Å². The van der Waals surface area contributed by atoms with Crippen LogP contribution in [0.5, 0.6) is 0 Å². The van der Waals surface area contributed by atoms with E-state index in [1.54, 1.807) is 0 Å². The van der Waals surface area contributed by atoms with E-state index < -0.39 is 0 Å². The van der Waals surface area contributed by atoms with E-state index in [0.29, 0.717) is 12.1 Å². The highest BCUT2D eigenvalue weighted by Crippen LogP contribution is 2.45. The van der Waals surface area contributed by atoms with Crippen LogP contribution in [0.2, 0.25) is 0 Å². The van der Waals surface area contributed by atoms with Gasteiger partial charge in [0.05, 0.1) is 17.1 Å². The summed E-state index contributed by atoms with van der Waals surface area (Å²) in [5.74, 6) is 0.924. The van der Waals surface area contributed by atoms with Crippen LogP contribution in [0, 0.1) is 12.3 Å². The van der Waals surface area contributed by atoms with E-state index in [-0.39, 0.29) is 17.4 Å². The maximum Gasteiger partial charge on any atom is 0.253 e. The predicted molar refractivity (Wildman–Crippen MR) is 88.3 cm³/mol. The van der Waals surface area contributed by atoms with Gasteiger partial charge in [0.2, 0.25) is 0 Å². The number of carbonyl (C=O) groups is 1. The molecule has 23 heavy (non-hydrogen) atoms. The van der Waals surface area contributed by atoms with Crippen molar-refractivity contribution in [3.8, 4) is 0 Å². The number of hydrogen-bond donors (Lipinski definition) is 2. The number of carbonyl (C=O) groups excluding carboxylic acids is 1. The smallest absolute Gasteiger partial charge is 0.253 e. The number of hydrogen-bond acceptors (Lipinski definition) is 3. The molecule has 5 heteroatoms. The van der Waals surface area contributed by atoms with Crippen LogP contribution < -0.4 is 0 Å². The van der Waals surface area contributed by atoms with E-state index in [0.717, 1.165) is 55.5 Å². The number of aryl methyl sites for hydroxylation is 1. The highest BCUT2D eigenvalue weighted by Gasteiger charge is 2.45. The number of aliphatic hydroxyl groups is 1. The molecule has 1 saturated heterocycles. The molecule has 2 aromatic rings. The predicted octanol–water partition coefficient (Wildman–Crippen LogP) is 2.64.